The van der Waals surface area contributed by atoms with Crippen molar-refractivity contribution in [3.05, 3.63) is 27.3 Å². The number of ether oxygens (including phenoxy) is 1. The number of halogens is 1. The van der Waals surface area contributed by atoms with E-state index >= 15 is 0 Å². The number of methoxy groups -OCH3 is 1. The molecule has 1 atom stereocenters. The van der Waals surface area contributed by atoms with Crippen molar-refractivity contribution in [3.63, 3.8) is 0 Å². The predicted molar refractivity (Wildman–Crippen MR) is 71.4 cm³/mol. The molecule has 0 saturated carbocycles. The molecule has 0 heterocycles. The number of carbonyl (C=O) groups is 1. The molecule has 100 valence electrons. The summed E-state index contributed by atoms with van der Waals surface area (Å²) in [4.78, 5) is 10.8. The van der Waals surface area contributed by atoms with Crippen LogP contribution in [-0.2, 0) is 4.79 Å². The standard InChI is InChI=1S/C13H18ClNO3/c1-6-7(2)13(18-4)11(8(3)12(6)14)9(15)5-10(16)17/h9H,5,15H2,1-4H3,(H,16,17). The molecule has 1 unspecified atom stereocenters. The highest BCUT2D eigenvalue weighted by molar-refractivity contribution is 6.32. The van der Waals surface area contributed by atoms with Crippen LogP contribution < -0.4 is 10.5 Å². The monoisotopic (exact) mass is 271 g/mol. The van der Waals surface area contributed by atoms with Crippen LogP contribution in [0, 0.1) is 20.8 Å². The number of aliphatic carboxylic acids is 1. The Morgan fingerprint density at radius 3 is 2.33 bits per heavy atom. The van der Waals surface area contributed by atoms with Crippen molar-refractivity contribution >= 4 is 17.6 Å². The van der Waals surface area contributed by atoms with E-state index < -0.39 is 12.0 Å². The van der Waals surface area contributed by atoms with Crippen molar-refractivity contribution in [1.82, 2.24) is 0 Å². The molecule has 0 aromatic heterocycles. The van der Waals surface area contributed by atoms with Crippen molar-refractivity contribution in [2.24, 2.45) is 5.73 Å². The van der Waals surface area contributed by atoms with Gasteiger partial charge in [0.25, 0.3) is 0 Å². The first-order chi connectivity index (χ1) is 8.31. The van der Waals surface area contributed by atoms with Gasteiger partial charge in [-0.1, -0.05) is 11.6 Å². The third-order valence-corrected chi connectivity index (χ3v) is 3.75. The van der Waals surface area contributed by atoms with Gasteiger partial charge in [0.15, 0.2) is 0 Å². The van der Waals surface area contributed by atoms with Gasteiger partial charge in [-0.25, -0.2) is 0 Å². The van der Waals surface area contributed by atoms with Crippen molar-refractivity contribution in [1.29, 1.82) is 0 Å². The molecule has 4 nitrogen and oxygen atoms in total. The van der Waals surface area contributed by atoms with Gasteiger partial charge in [0, 0.05) is 16.6 Å². The molecule has 0 spiro atoms. The first kappa shape index (κ1) is 14.8. The van der Waals surface area contributed by atoms with Crippen molar-refractivity contribution < 1.29 is 14.6 Å². The van der Waals surface area contributed by atoms with E-state index in [0.717, 1.165) is 16.7 Å². The molecule has 18 heavy (non-hydrogen) atoms. The fourth-order valence-electron chi connectivity index (χ4n) is 2.11. The average molecular weight is 272 g/mol. The topological polar surface area (TPSA) is 72.5 Å². The Morgan fingerprint density at radius 2 is 1.89 bits per heavy atom. The van der Waals surface area contributed by atoms with Crippen LogP contribution in [0.5, 0.6) is 5.75 Å². The van der Waals surface area contributed by atoms with Gasteiger partial charge in [-0.2, -0.15) is 0 Å². The largest absolute Gasteiger partial charge is 0.496 e. The second kappa shape index (κ2) is 5.59. The molecule has 0 fully saturated rings. The van der Waals surface area contributed by atoms with E-state index in [-0.39, 0.29) is 6.42 Å². The van der Waals surface area contributed by atoms with E-state index in [1.165, 1.54) is 0 Å². The van der Waals surface area contributed by atoms with Gasteiger partial charge in [-0.05, 0) is 37.5 Å². The number of carboxylic acid groups (broad SMARTS) is 1. The molecular formula is C13H18ClNO3. The van der Waals surface area contributed by atoms with E-state index in [9.17, 15) is 4.79 Å². The molecule has 1 aromatic carbocycles. The molecule has 0 amide bonds. The van der Waals surface area contributed by atoms with E-state index in [4.69, 9.17) is 27.2 Å². The van der Waals surface area contributed by atoms with E-state index in [2.05, 4.69) is 0 Å². The van der Waals surface area contributed by atoms with Crippen molar-refractivity contribution in [2.75, 3.05) is 7.11 Å². The first-order valence-electron chi connectivity index (χ1n) is 5.61. The van der Waals surface area contributed by atoms with Gasteiger partial charge < -0.3 is 15.6 Å². The molecule has 0 aliphatic heterocycles. The van der Waals surface area contributed by atoms with Crippen LogP contribution >= 0.6 is 11.6 Å². The average Bonchev–Trinajstić information content (AvgIpc) is 2.29. The second-order valence-electron chi connectivity index (χ2n) is 4.34. The van der Waals surface area contributed by atoms with Gasteiger partial charge in [-0.3, -0.25) is 4.79 Å². The van der Waals surface area contributed by atoms with Gasteiger partial charge >= 0.3 is 5.97 Å². The summed E-state index contributed by atoms with van der Waals surface area (Å²) in [5, 5.41) is 9.45. The zero-order chi connectivity index (χ0) is 14.0. The summed E-state index contributed by atoms with van der Waals surface area (Å²) >= 11 is 6.24. The molecule has 1 rings (SSSR count). The Hall–Kier alpha value is -1.26. The van der Waals surface area contributed by atoms with E-state index in [0.29, 0.717) is 16.3 Å². The highest BCUT2D eigenvalue weighted by atomic mass is 35.5. The van der Waals surface area contributed by atoms with Crippen molar-refractivity contribution in [2.45, 2.75) is 33.2 Å². The lowest BCUT2D eigenvalue weighted by molar-refractivity contribution is -0.137. The Bertz CT molecular complexity index is 486. The van der Waals surface area contributed by atoms with Crippen LogP contribution in [0.1, 0.15) is 34.7 Å². The molecule has 0 saturated heterocycles. The minimum Gasteiger partial charge on any atom is -0.496 e. The lowest BCUT2D eigenvalue weighted by Gasteiger charge is -2.22. The number of nitrogens with two attached hydrogens (primary N) is 1. The maximum absolute atomic E-state index is 10.8. The quantitative estimate of drug-likeness (QED) is 0.883. The summed E-state index contributed by atoms with van der Waals surface area (Å²) in [6.45, 7) is 5.62. The summed E-state index contributed by atoms with van der Waals surface area (Å²) in [5.41, 5.74) is 9.22. The number of hydrogen-bond donors (Lipinski definition) is 2. The Kier molecular flexibility index (Phi) is 4.59. The molecular weight excluding hydrogens is 254 g/mol. The lowest BCUT2D eigenvalue weighted by atomic mass is 9.93. The highest BCUT2D eigenvalue weighted by Crippen LogP contribution is 2.39. The summed E-state index contributed by atoms with van der Waals surface area (Å²) in [7, 11) is 1.55. The van der Waals surface area contributed by atoms with Crippen LogP contribution in [0.15, 0.2) is 0 Å². The molecule has 0 aliphatic rings. The Balaban J connectivity index is 3.46. The van der Waals surface area contributed by atoms with Crippen LogP contribution in [0.25, 0.3) is 0 Å². The minimum atomic E-state index is -0.946. The van der Waals surface area contributed by atoms with Crippen LogP contribution in [0.4, 0.5) is 0 Å². The number of carboxylic acids is 1. The zero-order valence-electron chi connectivity index (χ0n) is 11.0. The molecule has 0 aliphatic carbocycles. The van der Waals surface area contributed by atoms with Crippen LogP contribution in [0.3, 0.4) is 0 Å². The molecule has 5 heteroatoms. The Morgan fingerprint density at radius 1 is 1.33 bits per heavy atom. The number of benzene rings is 1. The minimum absolute atomic E-state index is 0.157. The second-order valence-corrected chi connectivity index (χ2v) is 4.72. The van der Waals surface area contributed by atoms with Gasteiger partial charge in [0.05, 0.1) is 13.5 Å². The maximum Gasteiger partial charge on any atom is 0.305 e. The molecule has 1 aromatic rings. The normalized spacial score (nSPS) is 12.3. The van der Waals surface area contributed by atoms with Crippen LogP contribution in [0.2, 0.25) is 5.02 Å². The SMILES string of the molecule is COc1c(C)c(C)c(Cl)c(C)c1C(N)CC(=O)O. The summed E-state index contributed by atoms with van der Waals surface area (Å²) in [6, 6.07) is -0.630. The number of rotatable bonds is 4. The van der Waals surface area contributed by atoms with Crippen molar-refractivity contribution in [3.8, 4) is 5.75 Å². The number of hydrogen-bond acceptors (Lipinski definition) is 3. The van der Waals surface area contributed by atoms with Gasteiger partial charge in [0.1, 0.15) is 5.75 Å². The molecule has 0 bridgehead atoms. The smallest absolute Gasteiger partial charge is 0.305 e. The molecule has 0 radical (unpaired) electrons. The van der Waals surface area contributed by atoms with Gasteiger partial charge in [0.2, 0.25) is 0 Å². The van der Waals surface area contributed by atoms with E-state index in [1.54, 1.807) is 7.11 Å². The summed E-state index contributed by atoms with van der Waals surface area (Å²) in [5.74, 6) is -0.318. The maximum atomic E-state index is 10.8. The summed E-state index contributed by atoms with van der Waals surface area (Å²) in [6.07, 6.45) is -0.157. The third-order valence-electron chi connectivity index (χ3n) is 3.18. The third kappa shape index (κ3) is 2.60. The highest BCUT2D eigenvalue weighted by Gasteiger charge is 2.23. The Labute approximate surface area is 112 Å². The van der Waals surface area contributed by atoms with E-state index in [1.807, 2.05) is 20.8 Å². The van der Waals surface area contributed by atoms with Crippen LogP contribution in [-0.4, -0.2) is 18.2 Å². The predicted octanol–water partition coefficient (Wildman–Crippen LogP) is 2.75. The zero-order valence-corrected chi connectivity index (χ0v) is 11.8. The fraction of sp³-hybridized carbons (Fsp3) is 0.462. The lowest BCUT2D eigenvalue weighted by Crippen LogP contribution is -2.18. The fourth-order valence-corrected chi connectivity index (χ4v) is 2.35. The summed E-state index contributed by atoms with van der Waals surface area (Å²) < 4.78 is 5.36. The van der Waals surface area contributed by atoms with Gasteiger partial charge in [-0.15, -0.1) is 0 Å². The first-order valence-corrected chi connectivity index (χ1v) is 5.99. The molecule has 3 N–H and O–H groups in total.